The van der Waals surface area contributed by atoms with E-state index in [0.717, 1.165) is 56.9 Å². The molecule has 2 fully saturated rings. The molecule has 2 aromatic rings. The summed E-state index contributed by atoms with van der Waals surface area (Å²) >= 11 is 6.27. The highest BCUT2D eigenvalue weighted by atomic mass is 35.5. The Morgan fingerprint density at radius 1 is 1.23 bits per heavy atom. The van der Waals surface area contributed by atoms with E-state index in [0.29, 0.717) is 41.4 Å². The molecule has 2 bridgehead atoms. The van der Waals surface area contributed by atoms with Gasteiger partial charge in [0, 0.05) is 19.0 Å². The lowest BCUT2D eigenvalue weighted by molar-refractivity contribution is -0.0758. The Kier molecular flexibility index (Phi) is 5.43. The second-order valence-electron chi connectivity index (χ2n) is 8.39. The Morgan fingerprint density at radius 3 is 2.90 bits per heavy atom. The molecule has 0 spiro atoms. The van der Waals surface area contributed by atoms with Crippen molar-refractivity contribution in [2.45, 2.75) is 51.2 Å². The topological polar surface area (TPSA) is 89.4 Å². The van der Waals surface area contributed by atoms with Crippen LogP contribution in [0.3, 0.4) is 0 Å². The third-order valence-electron chi connectivity index (χ3n) is 6.18. The van der Waals surface area contributed by atoms with Gasteiger partial charge in [0.25, 0.3) is 5.88 Å². The van der Waals surface area contributed by atoms with Gasteiger partial charge in [0.05, 0.1) is 43.8 Å². The molecule has 3 aliphatic heterocycles. The average Bonchev–Trinajstić information content (AvgIpc) is 2.98. The lowest BCUT2D eigenvalue weighted by Gasteiger charge is -2.42. The van der Waals surface area contributed by atoms with E-state index in [1.807, 2.05) is 0 Å². The molecule has 2 aromatic heterocycles. The molecule has 2 N–H and O–H groups in total. The lowest BCUT2D eigenvalue weighted by atomic mass is 10.0. The van der Waals surface area contributed by atoms with Crippen molar-refractivity contribution in [3.63, 3.8) is 0 Å². The Hall–Kier alpha value is -2.10. The van der Waals surface area contributed by atoms with Crippen molar-refractivity contribution in [2.24, 2.45) is 0 Å². The van der Waals surface area contributed by atoms with Crippen LogP contribution < -0.4 is 15.4 Å². The number of likely N-dealkylation sites (tertiary alicyclic amines) is 1. The second-order valence-corrected chi connectivity index (χ2v) is 8.80. The molecule has 162 valence electrons. The van der Waals surface area contributed by atoms with Crippen LogP contribution >= 0.6 is 11.6 Å². The van der Waals surface area contributed by atoms with Crippen LogP contribution in [0.5, 0.6) is 5.88 Å². The zero-order valence-electron chi connectivity index (χ0n) is 17.4. The summed E-state index contributed by atoms with van der Waals surface area (Å²) in [5.74, 6) is 1.70. The van der Waals surface area contributed by atoms with Crippen LogP contribution in [0.15, 0.2) is 6.20 Å². The van der Waals surface area contributed by atoms with E-state index in [2.05, 4.69) is 44.0 Å². The van der Waals surface area contributed by atoms with Gasteiger partial charge in [-0.1, -0.05) is 11.6 Å². The Morgan fingerprint density at radius 2 is 2.10 bits per heavy atom. The van der Waals surface area contributed by atoms with Gasteiger partial charge in [-0.25, -0.2) is 4.98 Å². The molecule has 30 heavy (non-hydrogen) atoms. The van der Waals surface area contributed by atoms with Gasteiger partial charge in [-0.05, 0) is 33.2 Å². The molecule has 0 saturated carbocycles. The molecule has 5 heterocycles. The van der Waals surface area contributed by atoms with Gasteiger partial charge < -0.3 is 20.1 Å². The number of piperidine rings is 1. The van der Waals surface area contributed by atoms with Gasteiger partial charge in [0.2, 0.25) is 5.95 Å². The predicted octanol–water partition coefficient (Wildman–Crippen LogP) is 3.00. The van der Waals surface area contributed by atoms with Crippen LogP contribution in [-0.4, -0.2) is 69.6 Å². The SMILES string of the molecule is Cc1c2c(nn1C1CCCN(C3COC3)C1)OCC[C@@H](C)Nc1nc(ncc1Cl)N2. The molecule has 0 aliphatic carbocycles. The van der Waals surface area contributed by atoms with Crippen molar-refractivity contribution in [2.75, 3.05) is 43.5 Å². The quantitative estimate of drug-likeness (QED) is 0.747. The molecule has 0 aromatic carbocycles. The van der Waals surface area contributed by atoms with E-state index in [9.17, 15) is 0 Å². The summed E-state index contributed by atoms with van der Waals surface area (Å²) in [5, 5.41) is 12.0. The number of rotatable bonds is 2. The highest BCUT2D eigenvalue weighted by Gasteiger charge is 2.33. The van der Waals surface area contributed by atoms with Crippen LogP contribution in [0.2, 0.25) is 5.02 Å². The number of ether oxygens (including phenoxy) is 2. The number of aromatic nitrogens is 4. The highest BCUT2D eigenvalue weighted by Crippen LogP contribution is 2.35. The van der Waals surface area contributed by atoms with Crippen molar-refractivity contribution in [1.29, 1.82) is 0 Å². The van der Waals surface area contributed by atoms with Gasteiger partial charge in [-0.2, -0.15) is 4.98 Å². The molecule has 0 amide bonds. The third kappa shape index (κ3) is 3.81. The maximum atomic E-state index is 6.27. The molecule has 5 rings (SSSR count). The summed E-state index contributed by atoms with van der Waals surface area (Å²) in [6.45, 7) is 8.51. The zero-order chi connectivity index (χ0) is 20.7. The minimum atomic E-state index is 0.159. The maximum absolute atomic E-state index is 6.27. The Labute approximate surface area is 181 Å². The molecule has 2 saturated heterocycles. The maximum Gasteiger partial charge on any atom is 0.257 e. The standard InChI is InChI=1S/C20H28ClN7O2/c1-12-5-7-30-19-17(24-20-22-8-16(21)18(23-12)25-20)13(2)28(26-19)14-4-3-6-27(9-14)15-10-29-11-15/h8,12,14-15H,3-7,9-11H2,1-2H3,(H2,22,23,24,25)/t12-,14?/m1/s1. The van der Waals surface area contributed by atoms with E-state index < -0.39 is 0 Å². The normalized spacial score (nSPS) is 25.2. The fraction of sp³-hybridized carbons (Fsp3) is 0.650. The first-order valence-corrected chi connectivity index (χ1v) is 11.1. The predicted molar refractivity (Wildman–Crippen MR) is 115 cm³/mol. The molecule has 3 aliphatic rings. The molecule has 1 unspecified atom stereocenters. The zero-order valence-corrected chi connectivity index (χ0v) is 18.2. The fourth-order valence-electron chi connectivity index (χ4n) is 4.32. The highest BCUT2D eigenvalue weighted by molar-refractivity contribution is 6.32. The van der Waals surface area contributed by atoms with E-state index in [1.165, 1.54) is 0 Å². The van der Waals surface area contributed by atoms with Gasteiger partial charge >= 0.3 is 0 Å². The minimum absolute atomic E-state index is 0.159. The summed E-state index contributed by atoms with van der Waals surface area (Å²) < 4.78 is 13.6. The average molecular weight is 434 g/mol. The molecular weight excluding hydrogens is 406 g/mol. The number of hydrogen-bond acceptors (Lipinski definition) is 8. The molecule has 2 atom stereocenters. The number of nitrogens with one attached hydrogen (secondary N) is 2. The van der Waals surface area contributed by atoms with Crippen molar-refractivity contribution >= 4 is 29.1 Å². The molecule has 0 radical (unpaired) electrons. The largest absolute Gasteiger partial charge is 0.475 e. The Bertz CT molecular complexity index is 917. The van der Waals surface area contributed by atoms with Crippen molar-refractivity contribution in [3.8, 4) is 5.88 Å². The number of hydrogen-bond donors (Lipinski definition) is 2. The van der Waals surface area contributed by atoms with Crippen molar-refractivity contribution in [1.82, 2.24) is 24.6 Å². The monoisotopic (exact) mass is 433 g/mol. The molecule has 9 nitrogen and oxygen atoms in total. The van der Waals surface area contributed by atoms with Crippen LogP contribution in [0.1, 0.15) is 37.9 Å². The minimum Gasteiger partial charge on any atom is -0.475 e. The van der Waals surface area contributed by atoms with Crippen LogP contribution in [0.25, 0.3) is 0 Å². The number of fused-ring (bicyclic) bond motifs is 3. The first-order valence-electron chi connectivity index (χ1n) is 10.7. The lowest BCUT2D eigenvalue weighted by Crippen LogP contribution is -2.52. The van der Waals surface area contributed by atoms with Crippen LogP contribution in [0, 0.1) is 6.92 Å². The first kappa shape index (κ1) is 19.8. The van der Waals surface area contributed by atoms with Crippen molar-refractivity contribution < 1.29 is 9.47 Å². The molecule has 10 heteroatoms. The first-order chi connectivity index (χ1) is 14.6. The third-order valence-corrected chi connectivity index (χ3v) is 6.46. The van der Waals surface area contributed by atoms with Gasteiger partial charge in [0.15, 0.2) is 5.82 Å². The summed E-state index contributed by atoms with van der Waals surface area (Å²) in [6, 6.07) is 1.02. The smallest absolute Gasteiger partial charge is 0.257 e. The van der Waals surface area contributed by atoms with Crippen LogP contribution in [-0.2, 0) is 4.74 Å². The number of halogens is 1. The van der Waals surface area contributed by atoms with E-state index in [4.69, 9.17) is 26.2 Å². The van der Waals surface area contributed by atoms with E-state index >= 15 is 0 Å². The number of anilines is 3. The summed E-state index contributed by atoms with van der Waals surface area (Å²) in [7, 11) is 0. The summed E-state index contributed by atoms with van der Waals surface area (Å²) in [4.78, 5) is 11.4. The van der Waals surface area contributed by atoms with E-state index in [1.54, 1.807) is 6.20 Å². The van der Waals surface area contributed by atoms with Crippen molar-refractivity contribution in [3.05, 3.63) is 16.9 Å². The Balaban J connectivity index is 1.45. The van der Waals surface area contributed by atoms with E-state index in [-0.39, 0.29) is 6.04 Å². The number of nitrogens with zero attached hydrogens (tertiary/aromatic N) is 5. The summed E-state index contributed by atoms with van der Waals surface area (Å²) in [5.41, 5.74) is 1.85. The van der Waals surface area contributed by atoms with Gasteiger partial charge in [-0.3, -0.25) is 9.58 Å². The van der Waals surface area contributed by atoms with Gasteiger partial charge in [-0.15, -0.1) is 5.10 Å². The van der Waals surface area contributed by atoms with Crippen LogP contribution in [0.4, 0.5) is 17.5 Å². The fourth-order valence-corrected chi connectivity index (χ4v) is 4.47. The summed E-state index contributed by atoms with van der Waals surface area (Å²) in [6.07, 6.45) is 4.68. The molecular formula is C20H28ClN7O2. The second kappa shape index (κ2) is 8.20. The van der Waals surface area contributed by atoms with Gasteiger partial charge in [0.1, 0.15) is 10.7 Å².